The van der Waals surface area contributed by atoms with Crippen LogP contribution in [0, 0.1) is 6.92 Å². The molecule has 2 heterocycles. The lowest BCUT2D eigenvalue weighted by atomic mass is 9.98. The van der Waals surface area contributed by atoms with E-state index < -0.39 is 12.4 Å². The maximum Gasteiger partial charge on any atom is 0.573 e. The average Bonchev–Trinajstić information content (AvgIpc) is 3.47. The number of urea groups is 1. The molecule has 0 N–H and O–H groups in total. The summed E-state index contributed by atoms with van der Waals surface area (Å²) in [6, 6.07) is 19.1. The number of carbonyl (C=O) groups is 1. The molecule has 240 valence electrons. The number of alkyl halides is 3. The molecule has 46 heavy (non-hydrogen) atoms. The van der Waals surface area contributed by atoms with Crippen molar-refractivity contribution in [2.24, 2.45) is 9.98 Å². The minimum absolute atomic E-state index is 0.204. The minimum Gasteiger partial charge on any atom is -0.406 e. The number of rotatable bonds is 7. The highest BCUT2D eigenvalue weighted by molar-refractivity contribution is 8.14. The number of hydrogen-bond acceptors (Lipinski definition) is 5. The van der Waals surface area contributed by atoms with Gasteiger partial charge in [-0.15, -0.1) is 18.3 Å². The molecule has 0 saturated carbocycles. The van der Waals surface area contributed by atoms with Gasteiger partial charge in [-0.25, -0.2) is 19.5 Å². The number of hydrogen-bond donors (Lipinski definition) is 0. The Morgan fingerprint density at radius 3 is 2.48 bits per heavy atom. The summed E-state index contributed by atoms with van der Waals surface area (Å²) in [7, 11) is 0. The van der Waals surface area contributed by atoms with E-state index in [1.54, 1.807) is 11.8 Å². The van der Waals surface area contributed by atoms with Crippen molar-refractivity contribution in [1.82, 2.24) is 14.8 Å². The minimum atomic E-state index is -4.75. The molecule has 0 aliphatic carbocycles. The lowest BCUT2D eigenvalue weighted by Crippen LogP contribution is -2.42. The van der Waals surface area contributed by atoms with Crippen LogP contribution in [0.15, 0.2) is 83.0 Å². The van der Waals surface area contributed by atoms with E-state index >= 15 is 0 Å². The highest BCUT2D eigenvalue weighted by atomic mass is 32.2. The van der Waals surface area contributed by atoms with Crippen molar-refractivity contribution in [2.75, 3.05) is 10.7 Å². The zero-order valence-electron chi connectivity index (χ0n) is 26.2. The molecule has 2 amide bonds. The third kappa shape index (κ3) is 8.22. The highest BCUT2D eigenvalue weighted by Gasteiger charge is 2.31. The fourth-order valence-corrected chi connectivity index (χ4v) is 6.38. The van der Waals surface area contributed by atoms with Crippen molar-refractivity contribution in [3.8, 4) is 22.8 Å². The van der Waals surface area contributed by atoms with Gasteiger partial charge in [-0.3, -0.25) is 0 Å². The summed E-state index contributed by atoms with van der Waals surface area (Å²) in [5, 5.41) is 5.12. The molecule has 5 rings (SSSR count). The monoisotopic (exact) mass is 648 g/mol. The second-order valence-electron chi connectivity index (χ2n) is 11.5. The standard InChI is InChI=1S/C34H35F3N6O2S/c1-21(2)29-15-6-22(3)18-30(29)43-24(5)16-17-46-33(43)40-32(44)39-23(4)19-25-7-9-26(10-8-25)31-38-20-42(41-31)27-11-13-28(14-12-27)45-34(35,36)37/h6-15,18,20-21,24H,16-17,19H2,1-5H3. The molecule has 0 bridgehead atoms. The Kier molecular flexibility index (Phi) is 9.95. The fourth-order valence-electron chi connectivity index (χ4n) is 5.18. The van der Waals surface area contributed by atoms with Gasteiger partial charge in [-0.1, -0.05) is 62.0 Å². The summed E-state index contributed by atoms with van der Waals surface area (Å²) in [6.45, 7) is 10.4. The molecule has 1 unspecified atom stereocenters. The molecule has 8 nitrogen and oxygen atoms in total. The summed E-state index contributed by atoms with van der Waals surface area (Å²) >= 11 is 1.58. The topological polar surface area (TPSA) is 85.0 Å². The van der Waals surface area contributed by atoms with Crippen molar-refractivity contribution in [3.05, 3.63) is 89.7 Å². The summed E-state index contributed by atoms with van der Waals surface area (Å²) in [5.41, 5.74) is 6.36. The smallest absolute Gasteiger partial charge is 0.406 e. The number of aryl methyl sites for hydroxylation is 1. The molecule has 0 radical (unpaired) electrons. The average molecular weight is 649 g/mol. The van der Waals surface area contributed by atoms with Gasteiger partial charge in [0.15, 0.2) is 11.0 Å². The molecule has 12 heteroatoms. The predicted octanol–water partition coefficient (Wildman–Crippen LogP) is 8.78. The first-order valence-corrected chi connectivity index (χ1v) is 15.9. The normalized spacial score (nSPS) is 16.7. The number of aliphatic imine (C=N–C) groups is 2. The van der Waals surface area contributed by atoms with Crippen molar-refractivity contribution in [2.45, 2.75) is 65.8 Å². The van der Waals surface area contributed by atoms with E-state index in [4.69, 9.17) is 0 Å². The van der Waals surface area contributed by atoms with Crippen LogP contribution in [0.2, 0.25) is 0 Å². The van der Waals surface area contributed by atoms with Gasteiger partial charge in [0, 0.05) is 35.2 Å². The van der Waals surface area contributed by atoms with Crippen LogP contribution in [0.1, 0.15) is 56.7 Å². The summed E-state index contributed by atoms with van der Waals surface area (Å²) in [4.78, 5) is 28.3. The molecule has 3 aromatic carbocycles. The Morgan fingerprint density at radius 2 is 1.80 bits per heavy atom. The fraction of sp³-hybridized carbons (Fsp3) is 0.324. The Morgan fingerprint density at radius 1 is 1.09 bits per heavy atom. The van der Waals surface area contributed by atoms with Crippen LogP contribution in [0.25, 0.3) is 17.1 Å². The zero-order valence-corrected chi connectivity index (χ0v) is 27.1. The van der Waals surface area contributed by atoms with Gasteiger partial charge in [0.05, 0.1) is 5.69 Å². The van der Waals surface area contributed by atoms with Gasteiger partial charge in [0.25, 0.3) is 0 Å². The number of amidine groups is 1. The number of nitrogens with zero attached hydrogens (tertiary/aromatic N) is 6. The largest absolute Gasteiger partial charge is 0.573 e. The van der Waals surface area contributed by atoms with Crippen molar-refractivity contribution < 1.29 is 22.7 Å². The van der Waals surface area contributed by atoms with Crippen LogP contribution in [-0.4, -0.2) is 49.8 Å². The van der Waals surface area contributed by atoms with Crippen LogP contribution < -0.4 is 9.64 Å². The van der Waals surface area contributed by atoms with Gasteiger partial charge in [0.1, 0.15) is 12.1 Å². The number of thioether (sulfide) groups is 1. The third-order valence-corrected chi connectivity index (χ3v) is 8.44. The summed E-state index contributed by atoms with van der Waals surface area (Å²) in [6.07, 6.45) is -1.81. The van der Waals surface area contributed by atoms with Gasteiger partial charge in [-0.05, 0) is 80.1 Å². The molecular formula is C34H35F3N6O2S. The first-order valence-electron chi connectivity index (χ1n) is 14.9. The molecule has 1 fully saturated rings. The summed E-state index contributed by atoms with van der Waals surface area (Å²) in [5.74, 6) is 1.36. The Hall–Kier alpha value is -4.45. The maximum atomic E-state index is 13.0. The van der Waals surface area contributed by atoms with Gasteiger partial charge in [-0.2, -0.15) is 4.99 Å². The first-order chi connectivity index (χ1) is 21.9. The number of carbonyl (C=O) groups excluding carboxylic acids is 1. The molecular weight excluding hydrogens is 613 g/mol. The van der Waals surface area contributed by atoms with E-state index in [-0.39, 0.29) is 11.8 Å². The van der Waals surface area contributed by atoms with Crippen molar-refractivity contribution in [3.63, 3.8) is 0 Å². The predicted molar refractivity (Wildman–Crippen MR) is 177 cm³/mol. The Labute approximate surface area is 270 Å². The number of ether oxygens (including phenoxy) is 1. The van der Waals surface area contributed by atoms with E-state index in [0.717, 1.165) is 34.6 Å². The molecule has 1 aliphatic rings. The number of amides is 2. The molecule has 1 saturated heterocycles. The van der Waals surface area contributed by atoms with E-state index in [2.05, 4.69) is 75.6 Å². The molecule has 1 atom stereocenters. The van der Waals surface area contributed by atoms with E-state index in [1.807, 2.05) is 31.2 Å². The van der Waals surface area contributed by atoms with Crippen LogP contribution in [-0.2, 0) is 6.42 Å². The maximum absolute atomic E-state index is 13.0. The van der Waals surface area contributed by atoms with Gasteiger partial charge < -0.3 is 9.64 Å². The van der Waals surface area contributed by atoms with Gasteiger partial charge >= 0.3 is 12.4 Å². The van der Waals surface area contributed by atoms with Crippen LogP contribution in [0.3, 0.4) is 0 Å². The number of aromatic nitrogens is 3. The Balaban J connectivity index is 1.26. The molecule has 1 aromatic heterocycles. The third-order valence-electron chi connectivity index (χ3n) is 7.46. The lowest BCUT2D eigenvalue weighted by Gasteiger charge is -2.37. The van der Waals surface area contributed by atoms with E-state index in [1.165, 1.54) is 40.8 Å². The summed E-state index contributed by atoms with van der Waals surface area (Å²) < 4.78 is 42.7. The number of halogens is 3. The molecule has 0 spiro atoms. The quantitative estimate of drug-likeness (QED) is 0.186. The molecule has 4 aromatic rings. The highest BCUT2D eigenvalue weighted by Crippen LogP contribution is 2.35. The van der Waals surface area contributed by atoms with Crippen LogP contribution in [0.5, 0.6) is 5.75 Å². The number of benzene rings is 3. The zero-order chi connectivity index (χ0) is 33.0. The number of anilines is 1. The van der Waals surface area contributed by atoms with E-state index in [9.17, 15) is 18.0 Å². The van der Waals surface area contributed by atoms with Crippen molar-refractivity contribution in [1.29, 1.82) is 0 Å². The SMILES string of the molecule is CC(Cc1ccc(-c2ncn(-c3ccc(OC(F)(F)F)cc3)n2)cc1)=NC(=O)N=C1SCCC(C)N1c1cc(C)ccc1C(C)C. The second-order valence-corrected chi connectivity index (χ2v) is 12.6. The molecule has 1 aliphatic heterocycles. The van der Waals surface area contributed by atoms with Crippen molar-refractivity contribution >= 4 is 34.4 Å². The van der Waals surface area contributed by atoms with Crippen LogP contribution in [0.4, 0.5) is 23.7 Å². The lowest BCUT2D eigenvalue weighted by molar-refractivity contribution is -0.274. The van der Waals surface area contributed by atoms with Crippen LogP contribution >= 0.6 is 11.8 Å². The first kappa shape index (κ1) is 32.9. The van der Waals surface area contributed by atoms with E-state index in [0.29, 0.717) is 34.7 Å². The van der Waals surface area contributed by atoms with Gasteiger partial charge in [0.2, 0.25) is 0 Å². The Bertz CT molecular complexity index is 1750. The second kappa shape index (κ2) is 13.9.